The van der Waals surface area contributed by atoms with Crippen LogP contribution < -0.4 is 0 Å². The van der Waals surface area contributed by atoms with Gasteiger partial charge >= 0.3 is 0 Å². The Balaban J connectivity index is 1.76. The Morgan fingerprint density at radius 1 is 1.21 bits per heavy atom. The number of aliphatic hydroxyl groups excluding tert-OH is 1. The van der Waals surface area contributed by atoms with Crippen LogP contribution in [0, 0.1) is 11.3 Å². The average molecular weight is 401 g/mol. The van der Waals surface area contributed by atoms with Crippen molar-refractivity contribution >= 4 is 5.78 Å². The predicted octanol–water partition coefficient (Wildman–Crippen LogP) is 3.49. The molecule has 0 saturated heterocycles. The molecule has 1 unspecified atom stereocenters. The molecule has 2 aromatic heterocycles. The van der Waals surface area contributed by atoms with Crippen molar-refractivity contribution in [2.75, 3.05) is 0 Å². The number of carbonyl (C=O) groups is 1. The summed E-state index contributed by atoms with van der Waals surface area (Å²) in [5.41, 5.74) is 0.518. The van der Waals surface area contributed by atoms with Crippen molar-refractivity contribution in [1.82, 2.24) is 30.4 Å². The van der Waals surface area contributed by atoms with Gasteiger partial charge in [-0.05, 0) is 31.7 Å². The molecule has 0 saturated carbocycles. The van der Waals surface area contributed by atoms with Crippen LogP contribution in [-0.4, -0.2) is 41.3 Å². The molecular formula is C21H32N6O2. The summed E-state index contributed by atoms with van der Waals surface area (Å²) in [6, 6.07) is 2.00. The third-order valence-corrected chi connectivity index (χ3v) is 5.69. The fourth-order valence-corrected chi connectivity index (χ4v) is 4.21. The van der Waals surface area contributed by atoms with E-state index in [2.05, 4.69) is 48.3 Å². The summed E-state index contributed by atoms with van der Waals surface area (Å²) in [4.78, 5) is 12.5. The number of Topliss-reactive ketones (excluding diaryl/α,β-unsaturated/α-hetero) is 1. The van der Waals surface area contributed by atoms with E-state index in [0.29, 0.717) is 30.7 Å². The number of nitrogens with one attached hydrogen (secondary N) is 1. The van der Waals surface area contributed by atoms with Gasteiger partial charge in [-0.3, -0.25) is 9.48 Å². The van der Waals surface area contributed by atoms with Crippen LogP contribution in [-0.2, 0) is 22.2 Å². The van der Waals surface area contributed by atoms with Crippen molar-refractivity contribution in [3.63, 3.8) is 0 Å². The maximum atomic E-state index is 12.5. The summed E-state index contributed by atoms with van der Waals surface area (Å²) in [5.74, 6) is 0.788. The molecule has 2 heterocycles. The second kappa shape index (κ2) is 7.07. The third kappa shape index (κ3) is 4.26. The largest absolute Gasteiger partial charge is 0.512 e. The first kappa shape index (κ1) is 21.2. The van der Waals surface area contributed by atoms with Crippen LogP contribution in [0.3, 0.4) is 0 Å². The molecule has 2 N–H and O–H groups in total. The van der Waals surface area contributed by atoms with E-state index in [0.717, 1.165) is 5.69 Å². The minimum Gasteiger partial charge on any atom is -0.512 e. The molecule has 1 aliphatic rings. The van der Waals surface area contributed by atoms with Gasteiger partial charge in [-0.2, -0.15) is 10.3 Å². The molecule has 2 aromatic rings. The normalized spacial score (nSPS) is 18.7. The zero-order valence-corrected chi connectivity index (χ0v) is 18.4. The van der Waals surface area contributed by atoms with E-state index in [1.807, 2.05) is 37.7 Å². The number of nitrogens with zero attached hydrogens (tertiary/aromatic N) is 5. The van der Waals surface area contributed by atoms with Crippen LogP contribution in [0.25, 0.3) is 0 Å². The highest BCUT2D eigenvalue weighted by molar-refractivity contribution is 5.99. The predicted molar refractivity (Wildman–Crippen MR) is 109 cm³/mol. The van der Waals surface area contributed by atoms with E-state index in [4.69, 9.17) is 5.10 Å². The Morgan fingerprint density at radius 2 is 1.90 bits per heavy atom. The number of carbonyl (C=O) groups excluding carboxylic acids is 1. The molecule has 158 valence electrons. The highest BCUT2D eigenvalue weighted by atomic mass is 16.3. The molecule has 0 amide bonds. The maximum absolute atomic E-state index is 12.5. The van der Waals surface area contributed by atoms with Crippen molar-refractivity contribution in [2.45, 2.75) is 78.7 Å². The van der Waals surface area contributed by atoms with Gasteiger partial charge < -0.3 is 5.11 Å². The minimum absolute atomic E-state index is 0.0545. The van der Waals surface area contributed by atoms with Crippen LogP contribution in [0.4, 0.5) is 0 Å². The summed E-state index contributed by atoms with van der Waals surface area (Å²) >= 11 is 0. The van der Waals surface area contributed by atoms with E-state index < -0.39 is 0 Å². The molecule has 29 heavy (non-hydrogen) atoms. The molecule has 1 atom stereocenters. The molecule has 8 heteroatoms. The molecule has 0 aliphatic heterocycles. The Kier molecular flexibility index (Phi) is 5.17. The number of H-pyrrole nitrogens is 1. The zero-order valence-electron chi connectivity index (χ0n) is 18.4. The number of aliphatic hydroxyl groups is 1. The number of aromatic amines is 1. The lowest BCUT2D eigenvalue weighted by Crippen LogP contribution is -2.30. The van der Waals surface area contributed by atoms with E-state index in [1.165, 1.54) is 0 Å². The second-order valence-corrected chi connectivity index (χ2v) is 10.4. The van der Waals surface area contributed by atoms with Gasteiger partial charge in [0.1, 0.15) is 5.76 Å². The highest BCUT2D eigenvalue weighted by Gasteiger charge is 2.41. The van der Waals surface area contributed by atoms with Gasteiger partial charge in [-0.25, -0.2) is 0 Å². The van der Waals surface area contributed by atoms with E-state index >= 15 is 0 Å². The van der Waals surface area contributed by atoms with Crippen LogP contribution >= 0.6 is 0 Å². The first-order valence-electron chi connectivity index (χ1n) is 10.1. The number of allylic oxidation sites excluding steroid dienone is 2. The van der Waals surface area contributed by atoms with E-state index in [9.17, 15) is 9.90 Å². The molecule has 8 nitrogen and oxygen atoms in total. The lowest BCUT2D eigenvalue weighted by atomic mass is 9.85. The Hall–Kier alpha value is -2.51. The molecule has 0 aromatic carbocycles. The molecule has 1 aliphatic carbocycles. The summed E-state index contributed by atoms with van der Waals surface area (Å²) in [7, 11) is 0. The van der Waals surface area contributed by atoms with Crippen molar-refractivity contribution in [3.05, 3.63) is 35.1 Å². The fraction of sp³-hybridized carbons (Fsp3) is 0.667. The topological polar surface area (TPSA) is 110 Å². The Labute approximate surface area is 171 Å². The van der Waals surface area contributed by atoms with Gasteiger partial charge in [0.25, 0.3) is 0 Å². The Bertz CT molecular complexity index is 915. The number of hydrogen-bond donors (Lipinski definition) is 2. The standard InChI is InChI=1S/C21H32N6O2/c1-19(2,3)16-15(28)10-13(17(16)29)11-21(6,7)27-9-8-14(24-27)12-20(4,5)18-22-25-26-23-18/h8-9,13,29H,10-12H2,1-7H3,(H,22,23,25,26). The molecule has 0 spiro atoms. The maximum Gasteiger partial charge on any atom is 0.180 e. The van der Waals surface area contributed by atoms with Gasteiger partial charge in [0.15, 0.2) is 11.6 Å². The third-order valence-electron chi connectivity index (χ3n) is 5.69. The number of aromatic nitrogens is 6. The molecule has 0 fully saturated rings. The quantitative estimate of drug-likeness (QED) is 0.768. The molecule has 0 radical (unpaired) electrons. The number of tetrazole rings is 1. The number of rotatable bonds is 6. The van der Waals surface area contributed by atoms with Crippen LogP contribution in [0.2, 0.25) is 0 Å². The van der Waals surface area contributed by atoms with Gasteiger partial charge in [0.2, 0.25) is 0 Å². The summed E-state index contributed by atoms with van der Waals surface area (Å²) < 4.78 is 1.93. The van der Waals surface area contributed by atoms with Gasteiger partial charge in [-0.15, -0.1) is 10.2 Å². The lowest BCUT2D eigenvalue weighted by molar-refractivity contribution is -0.116. The van der Waals surface area contributed by atoms with Gasteiger partial charge in [-0.1, -0.05) is 39.8 Å². The molecular weight excluding hydrogens is 368 g/mol. The highest BCUT2D eigenvalue weighted by Crippen LogP contribution is 2.42. The summed E-state index contributed by atoms with van der Waals surface area (Å²) in [6.45, 7) is 14.2. The van der Waals surface area contributed by atoms with Crippen molar-refractivity contribution < 1.29 is 9.90 Å². The zero-order chi connectivity index (χ0) is 21.6. The van der Waals surface area contributed by atoms with Gasteiger partial charge in [0, 0.05) is 35.9 Å². The Morgan fingerprint density at radius 3 is 2.45 bits per heavy atom. The summed E-state index contributed by atoms with van der Waals surface area (Å²) in [5, 5.41) is 29.9. The fourth-order valence-electron chi connectivity index (χ4n) is 4.21. The minimum atomic E-state index is -0.348. The van der Waals surface area contributed by atoms with Gasteiger partial charge in [0.05, 0.1) is 11.2 Å². The summed E-state index contributed by atoms with van der Waals surface area (Å²) in [6.07, 6.45) is 3.64. The second-order valence-electron chi connectivity index (χ2n) is 10.4. The first-order chi connectivity index (χ1) is 13.3. The average Bonchev–Trinajstić information content (AvgIpc) is 3.28. The van der Waals surface area contributed by atoms with Crippen LogP contribution in [0.1, 0.15) is 72.8 Å². The number of hydrogen-bond acceptors (Lipinski definition) is 6. The first-order valence-corrected chi connectivity index (χ1v) is 10.1. The lowest BCUT2D eigenvalue weighted by Gasteiger charge is -2.29. The van der Waals surface area contributed by atoms with E-state index in [-0.39, 0.29) is 33.8 Å². The van der Waals surface area contributed by atoms with Crippen LogP contribution in [0.15, 0.2) is 23.6 Å². The van der Waals surface area contributed by atoms with Crippen LogP contribution in [0.5, 0.6) is 0 Å². The van der Waals surface area contributed by atoms with Crippen molar-refractivity contribution in [1.29, 1.82) is 0 Å². The molecule has 0 bridgehead atoms. The van der Waals surface area contributed by atoms with Crippen molar-refractivity contribution in [2.24, 2.45) is 11.3 Å². The monoisotopic (exact) mass is 400 g/mol. The van der Waals surface area contributed by atoms with Crippen molar-refractivity contribution in [3.8, 4) is 0 Å². The molecule has 3 rings (SSSR count). The SMILES string of the molecule is CC(C)(C)C1=C(O)C(CC(C)(C)n2ccc(CC(C)(C)c3nn[nH]n3)n2)CC1=O. The number of ketones is 1. The van der Waals surface area contributed by atoms with E-state index in [1.54, 1.807) is 0 Å². The smallest absolute Gasteiger partial charge is 0.180 e.